The Morgan fingerprint density at radius 1 is 1.41 bits per heavy atom. The van der Waals surface area contributed by atoms with Crippen molar-refractivity contribution in [1.29, 1.82) is 0 Å². The Balaban J connectivity index is 2.74. The fourth-order valence-electron chi connectivity index (χ4n) is 1.17. The molecule has 0 atom stereocenters. The smallest absolute Gasteiger partial charge is 0.255 e. The molecular weight excluding hydrogens is 242 g/mol. The number of amides is 1. The van der Waals surface area contributed by atoms with Crippen LogP contribution in [0.25, 0.3) is 0 Å². The van der Waals surface area contributed by atoms with Gasteiger partial charge in [-0.25, -0.2) is 0 Å². The SMILES string of the molecule is CC(C)(CCl)CNC(=O)c1cc(O)ccc1O. The minimum Gasteiger partial charge on any atom is -0.508 e. The third kappa shape index (κ3) is 3.82. The Kier molecular flexibility index (Phi) is 4.23. The van der Waals surface area contributed by atoms with Crippen LogP contribution < -0.4 is 5.32 Å². The predicted molar refractivity (Wildman–Crippen MR) is 66.6 cm³/mol. The average molecular weight is 258 g/mol. The topological polar surface area (TPSA) is 69.6 Å². The lowest BCUT2D eigenvalue weighted by molar-refractivity contribution is 0.0937. The summed E-state index contributed by atoms with van der Waals surface area (Å²) in [6.45, 7) is 4.23. The molecule has 1 rings (SSSR count). The molecule has 0 spiro atoms. The summed E-state index contributed by atoms with van der Waals surface area (Å²) in [6, 6.07) is 3.81. The molecular formula is C12H16ClNO3. The van der Waals surface area contributed by atoms with E-state index in [1.165, 1.54) is 18.2 Å². The lowest BCUT2D eigenvalue weighted by Gasteiger charge is -2.21. The molecule has 1 amide bonds. The first-order valence-electron chi connectivity index (χ1n) is 5.22. The molecule has 4 nitrogen and oxygen atoms in total. The first-order chi connectivity index (χ1) is 7.85. The van der Waals surface area contributed by atoms with Crippen LogP contribution in [0.1, 0.15) is 24.2 Å². The van der Waals surface area contributed by atoms with Crippen molar-refractivity contribution in [1.82, 2.24) is 5.32 Å². The summed E-state index contributed by atoms with van der Waals surface area (Å²) >= 11 is 5.74. The molecule has 0 aliphatic carbocycles. The number of halogens is 1. The summed E-state index contributed by atoms with van der Waals surface area (Å²) in [5, 5.41) is 21.4. The second-order valence-corrected chi connectivity index (χ2v) is 4.95. The van der Waals surface area contributed by atoms with Crippen LogP contribution in [0.2, 0.25) is 0 Å². The Hall–Kier alpha value is -1.42. The van der Waals surface area contributed by atoms with Crippen LogP contribution in [0.3, 0.4) is 0 Å². The van der Waals surface area contributed by atoms with E-state index in [1.807, 2.05) is 13.8 Å². The van der Waals surface area contributed by atoms with Crippen molar-refractivity contribution in [2.75, 3.05) is 12.4 Å². The highest BCUT2D eigenvalue weighted by Crippen LogP contribution is 2.22. The summed E-state index contributed by atoms with van der Waals surface area (Å²) in [6.07, 6.45) is 0. The van der Waals surface area contributed by atoms with Gasteiger partial charge in [-0.2, -0.15) is 0 Å². The summed E-state index contributed by atoms with van der Waals surface area (Å²) in [7, 11) is 0. The molecule has 1 aromatic rings. The summed E-state index contributed by atoms with van der Waals surface area (Å²) in [5.41, 5.74) is -0.167. The van der Waals surface area contributed by atoms with Gasteiger partial charge in [-0.15, -0.1) is 11.6 Å². The maximum atomic E-state index is 11.8. The van der Waals surface area contributed by atoms with Crippen LogP contribution in [-0.2, 0) is 0 Å². The molecule has 1 aromatic carbocycles. The van der Waals surface area contributed by atoms with Gasteiger partial charge in [0.15, 0.2) is 0 Å². The molecule has 0 heterocycles. The first-order valence-corrected chi connectivity index (χ1v) is 5.75. The van der Waals surface area contributed by atoms with E-state index < -0.39 is 5.91 Å². The second-order valence-electron chi connectivity index (χ2n) is 4.68. The van der Waals surface area contributed by atoms with Gasteiger partial charge in [0.1, 0.15) is 11.5 Å². The van der Waals surface area contributed by atoms with E-state index in [0.717, 1.165) is 0 Å². The molecule has 0 aliphatic rings. The van der Waals surface area contributed by atoms with E-state index in [9.17, 15) is 15.0 Å². The molecule has 17 heavy (non-hydrogen) atoms. The van der Waals surface area contributed by atoms with Gasteiger partial charge in [-0.1, -0.05) is 13.8 Å². The second kappa shape index (κ2) is 5.27. The number of carbonyl (C=O) groups excluding carboxylic acids is 1. The van der Waals surface area contributed by atoms with Crippen LogP contribution in [0.15, 0.2) is 18.2 Å². The van der Waals surface area contributed by atoms with Crippen molar-refractivity contribution < 1.29 is 15.0 Å². The Morgan fingerprint density at radius 3 is 2.65 bits per heavy atom. The van der Waals surface area contributed by atoms with Crippen LogP contribution >= 0.6 is 11.6 Å². The summed E-state index contributed by atoms with van der Waals surface area (Å²) in [4.78, 5) is 11.8. The van der Waals surface area contributed by atoms with Crippen LogP contribution in [0.4, 0.5) is 0 Å². The molecule has 0 aromatic heterocycles. The molecule has 0 radical (unpaired) electrons. The van der Waals surface area contributed by atoms with Crippen LogP contribution in [-0.4, -0.2) is 28.5 Å². The number of hydrogen-bond acceptors (Lipinski definition) is 3. The fraction of sp³-hybridized carbons (Fsp3) is 0.417. The lowest BCUT2D eigenvalue weighted by Crippen LogP contribution is -2.35. The standard InChI is InChI=1S/C12H16ClNO3/c1-12(2,6-13)7-14-11(17)9-5-8(15)3-4-10(9)16/h3-5,15-16H,6-7H2,1-2H3,(H,14,17). The Bertz CT molecular complexity index is 418. The Morgan fingerprint density at radius 2 is 2.06 bits per heavy atom. The van der Waals surface area contributed by atoms with Crippen molar-refractivity contribution in [3.8, 4) is 11.5 Å². The van der Waals surface area contributed by atoms with Gasteiger partial charge in [-0.05, 0) is 23.6 Å². The number of carbonyl (C=O) groups is 1. The minimum absolute atomic E-state index is 0.0513. The molecule has 3 N–H and O–H groups in total. The first kappa shape index (κ1) is 13.6. The maximum absolute atomic E-state index is 11.8. The number of hydrogen-bond donors (Lipinski definition) is 3. The number of alkyl halides is 1. The number of phenols is 2. The monoisotopic (exact) mass is 257 g/mol. The highest BCUT2D eigenvalue weighted by molar-refractivity contribution is 6.18. The van der Waals surface area contributed by atoms with Gasteiger partial charge in [-0.3, -0.25) is 4.79 Å². The number of aromatic hydroxyl groups is 2. The van der Waals surface area contributed by atoms with E-state index in [1.54, 1.807) is 0 Å². The molecule has 0 saturated carbocycles. The zero-order valence-electron chi connectivity index (χ0n) is 9.83. The van der Waals surface area contributed by atoms with Gasteiger partial charge in [0.05, 0.1) is 5.56 Å². The lowest BCUT2D eigenvalue weighted by atomic mass is 9.96. The molecule has 0 aliphatic heterocycles. The summed E-state index contributed by atoms with van der Waals surface area (Å²) in [5.74, 6) is -0.246. The van der Waals surface area contributed by atoms with Crippen molar-refractivity contribution in [3.63, 3.8) is 0 Å². The Labute approximate surface area is 105 Å². The molecule has 5 heteroatoms. The normalized spacial score (nSPS) is 11.2. The number of phenolic OH excluding ortho intramolecular Hbond substituents is 2. The van der Waals surface area contributed by atoms with Crippen molar-refractivity contribution in [2.45, 2.75) is 13.8 Å². The number of nitrogens with one attached hydrogen (secondary N) is 1. The van der Waals surface area contributed by atoms with E-state index >= 15 is 0 Å². The molecule has 0 unspecified atom stereocenters. The number of rotatable bonds is 4. The van der Waals surface area contributed by atoms with Crippen LogP contribution in [0.5, 0.6) is 11.5 Å². The van der Waals surface area contributed by atoms with E-state index in [4.69, 9.17) is 11.6 Å². The zero-order chi connectivity index (χ0) is 13.1. The molecule has 0 bridgehead atoms. The van der Waals surface area contributed by atoms with Crippen molar-refractivity contribution in [3.05, 3.63) is 23.8 Å². The van der Waals surface area contributed by atoms with Crippen molar-refractivity contribution in [2.24, 2.45) is 5.41 Å². The maximum Gasteiger partial charge on any atom is 0.255 e. The minimum atomic E-state index is -0.434. The molecule has 94 valence electrons. The average Bonchev–Trinajstić information content (AvgIpc) is 2.29. The quantitative estimate of drug-likeness (QED) is 0.571. The van der Waals surface area contributed by atoms with Gasteiger partial charge in [0.2, 0.25) is 0 Å². The number of benzene rings is 1. The van der Waals surface area contributed by atoms with Crippen LogP contribution in [0, 0.1) is 5.41 Å². The fourth-order valence-corrected chi connectivity index (χ4v) is 1.26. The van der Waals surface area contributed by atoms with Gasteiger partial charge in [0.25, 0.3) is 5.91 Å². The molecule has 0 fully saturated rings. The van der Waals surface area contributed by atoms with E-state index in [2.05, 4.69) is 5.32 Å². The largest absolute Gasteiger partial charge is 0.508 e. The third-order valence-corrected chi connectivity index (χ3v) is 3.04. The predicted octanol–water partition coefficient (Wildman–Crippen LogP) is 2.09. The highest BCUT2D eigenvalue weighted by Gasteiger charge is 2.19. The van der Waals surface area contributed by atoms with E-state index in [0.29, 0.717) is 12.4 Å². The van der Waals surface area contributed by atoms with Gasteiger partial charge >= 0.3 is 0 Å². The van der Waals surface area contributed by atoms with Gasteiger partial charge < -0.3 is 15.5 Å². The third-order valence-electron chi connectivity index (χ3n) is 2.31. The molecule has 0 saturated heterocycles. The highest BCUT2D eigenvalue weighted by atomic mass is 35.5. The summed E-state index contributed by atoms with van der Waals surface area (Å²) < 4.78 is 0. The van der Waals surface area contributed by atoms with E-state index in [-0.39, 0.29) is 22.5 Å². The van der Waals surface area contributed by atoms with Crippen molar-refractivity contribution >= 4 is 17.5 Å². The zero-order valence-corrected chi connectivity index (χ0v) is 10.6. The van der Waals surface area contributed by atoms with Gasteiger partial charge in [0, 0.05) is 12.4 Å².